The van der Waals surface area contributed by atoms with E-state index in [0.717, 1.165) is 0 Å². The molecule has 0 saturated carbocycles. The molecule has 1 nitrogen and oxygen atoms in total. The summed E-state index contributed by atoms with van der Waals surface area (Å²) in [6.07, 6.45) is 0. The van der Waals surface area contributed by atoms with Crippen molar-refractivity contribution in [3.8, 4) is 5.75 Å². The molecule has 1 rings (SSSR count). The molecule has 0 unspecified atom stereocenters. The summed E-state index contributed by atoms with van der Waals surface area (Å²) in [4.78, 5) is 0. The molecule has 0 atom stereocenters. The molecule has 0 bridgehead atoms. The van der Waals surface area contributed by atoms with E-state index in [-0.39, 0.29) is 25.1 Å². The Morgan fingerprint density at radius 3 is 1.31 bits per heavy atom. The third kappa shape index (κ3) is 3.12. The lowest BCUT2D eigenvalue weighted by Crippen LogP contribution is -2.29. The third-order valence-corrected chi connectivity index (χ3v) is 4.64. The molecule has 0 aromatic heterocycles. The van der Waals surface area contributed by atoms with Crippen LogP contribution in [0.1, 0.15) is 0 Å². The van der Waals surface area contributed by atoms with Gasteiger partial charge in [-0.1, -0.05) is 58.0 Å². The van der Waals surface area contributed by atoms with Crippen LogP contribution in [0.25, 0.3) is 0 Å². The number of hydrogen-bond acceptors (Lipinski definition) is 1. The van der Waals surface area contributed by atoms with Gasteiger partial charge in [-0.15, -0.1) is 0 Å². The molecule has 0 heterocycles. The first-order valence-corrected chi connectivity index (χ1v) is 9.65. The van der Waals surface area contributed by atoms with Crippen molar-refractivity contribution in [2.45, 2.75) is 19.6 Å². The summed E-state index contributed by atoms with van der Waals surface area (Å²) in [7, 11) is -1.85. The maximum absolute atomic E-state index is 6.02. The molecule has 0 N–H and O–H groups in total. The lowest BCUT2D eigenvalue weighted by molar-refractivity contribution is 0.558. The zero-order valence-corrected chi connectivity index (χ0v) is 13.6. The van der Waals surface area contributed by atoms with Gasteiger partial charge in [0.1, 0.15) is 15.8 Å². The minimum atomic E-state index is -1.85. The smallest absolute Gasteiger partial charge is 0.242 e. The molecule has 0 fully saturated rings. The summed E-state index contributed by atoms with van der Waals surface area (Å²) >= 11 is 29.7. The Hall–Kier alpha value is 0.687. The molecule has 0 saturated heterocycles. The van der Waals surface area contributed by atoms with Gasteiger partial charge < -0.3 is 4.43 Å². The quantitative estimate of drug-likeness (QED) is 0.356. The van der Waals surface area contributed by atoms with Crippen molar-refractivity contribution < 1.29 is 4.43 Å². The van der Waals surface area contributed by atoms with Crippen molar-refractivity contribution in [2.24, 2.45) is 0 Å². The van der Waals surface area contributed by atoms with Crippen molar-refractivity contribution in [3.05, 3.63) is 25.1 Å². The van der Waals surface area contributed by atoms with Crippen LogP contribution >= 0.6 is 58.0 Å². The van der Waals surface area contributed by atoms with E-state index in [1.54, 1.807) is 0 Å². The highest BCUT2D eigenvalue weighted by Gasteiger charge is 2.25. The number of rotatable bonds is 2. The zero-order chi connectivity index (χ0) is 12.7. The summed E-state index contributed by atoms with van der Waals surface area (Å²) in [5.74, 6) is 0.307. The molecule has 0 spiro atoms. The second-order valence-corrected chi connectivity index (χ2v) is 10.4. The van der Waals surface area contributed by atoms with Gasteiger partial charge in [-0.3, -0.25) is 0 Å². The van der Waals surface area contributed by atoms with Gasteiger partial charge in [0.2, 0.25) is 8.32 Å². The highest BCUT2D eigenvalue weighted by molar-refractivity contribution is 6.71. The Morgan fingerprint density at radius 1 is 0.688 bits per heavy atom. The van der Waals surface area contributed by atoms with Gasteiger partial charge >= 0.3 is 0 Å². The molecule has 16 heavy (non-hydrogen) atoms. The van der Waals surface area contributed by atoms with Gasteiger partial charge in [-0.25, -0.2) is 0 Å². The Balaban J connectivity index is 3.40. The number of benzene rings is 1. The van der Waals surface area contributed by atoms with Crippen LogP contribution in [0.3, 0.4) is 0 Å². The largest absolute Gasteiger partial charge is 0.542 e. The highest BCUT2D eigenvalue weighted by Crippen LogP contribution is 2.48. The van der Waals surface area contributed by atoms with Crippen LogP contribution in [0.4, 0.5) is 0 Å². The van der Waals surface area contributed by atoms with E-state index in [2.05, 4.69) is 0 Å². The summed E-state index contributed by atoms with van der Waals surface area (Å²) in [6.45, 7) is 5.99. The fourth-order valence-corrected chi connectivity index (χ4v) is 3.12. The summed E-state index contributed by atoms with van der Waals surface area (Å²) in [5, 5.41) is 0.852. The van der Waals surface area contributed by atoms with Crippen LogP contribution in [-0.4, -0.2) is 8.32 Å². The summed E-state index contributed by atoms with van der Waals surface area (Å²) in [5.41, 5.74) is 0. The predicted octanol–water partition coefficient (Wildman–Crippen LogP) is 6.17. The van der Waals surface area contributed by atoms with Crippen molar-refractivity contribution in [3.63, 3.8) is 0 Å². The Kier molecular flexibility index (Phi) is 4.73. The van der Waals surface area contributed by atoms with Gasteiger partial charge in [0.15, 0.2) is 0 Å². The first-order valence-electron chi connectivity index (χ1n) is 4.35. The Morgan fingerprint density at radius 2 is 1.00 bits per heavy atom. The normalized spacial score (nSPS) is 11.8. The lowest BCUT2D eigenvalue weighted by atomic mass is 10.3. The number of halogens is 5. The molecule has 90 valence electrons. The molecule has 1 aromatic carbocycles. The molecule has 0 aliphatic rings. The molecule has 7 heteroatoms. The molecule has 0 amide bonds. The van der Waals surface area contributed by atoms with Crippen LogP contribution < -0.4 is 4.43 Å². The van der Waals surface area contributed by atoms with E-state index < -0.39 is 8.32 Å². The minimum Gasteiger partial charge on any atom is -0.542 e. The van der Waals surface area contributed by atoms with Crippen molar-refractivity contribution in [2.75, 3.05) is 0 Å². The molecular weight excluding hydrogens is 329 g/mol. The fourth-order valence-electron chi connectivity index (χ4n) is 0.981. The monoisotopic (exact) mass is 336 g/mol. The van der Waals surface area contributed by atoms with E-state index in [4.69, 9.17) is 62.4 Å². The van der Waals surface area contributed by atoms with Crippen LogP contribution in [0.15, 0.2) is 0 Å². The fraction of sp³-hybridized carbons (Fsp3) is 0.333. The van der Waals surface area contributed by atoms with E-state index in [0.29, 0.717) is 5.75 Å². The zero-order valence-electron chi connectivity index (χ0n) is 8.80. The van der Waals surface area contributed by atoms with Gasteiger partial charge in [-0.05, 0) is 19.6 Å². The highest BCUT2D eigenvalue weighted by atomic mass is 35.5. The van der Waals surface area contributed by atoms with Gasteiger partial charge in [-0.2, -0.15) is 0 Å². The van der Waals surface area contributed by atoms with E-state index in [9.17, 15) is 0 Å². The first kappa shape index (κ1) is 14.7. The first-order chi connectivity index (χ1) is 7.15. The molecule has 0 aliphatic carbocycles. The molecule has 0 radical (unpaired) electrons. The second kappa shape index (κ2) is 5.13. The average molecular weight is 339 g/mol. The van der Waals surface area contributed by atoms with Crippen LogP contribution in [0.2, 0.25) is 44.8 Å². The SMILES string of the molecule is C[Si](C)(C)Oc1c(Cl)c(Cl)c(Cl)c(Cl)c1Cl. The van der Waals surface area contributed by atoms with E-state index in [1.165, 1.54) is 0 Å². The van der Waals surface area contributed by atoms with Crippen LogP contribution in [-0.2, 0) is 0 Å². The third-order valence-electron chi connectivity index (χ3n) is 1.58. The lowest BCUT2D eigenvalue weighted by Gasteiger charge is -2.22. The van der Waals surface area contributed by atoms with Gasteiger partial charge in [0.05, 0.1) is 15.1 Å². The van der Waals surface area contributed by atoms with Gasteiger partial charge in [0.25, 0.3) is 0 Å². The molecule has 1 aromatic rings. The Labute approximate surface area is 121 Å². The van der Waals surface area contributed by atoms with E-state index in [1.807, 2.05) is 19.6 Å². The summed E-state index contributed by atoms with van der Waals surface area (Å²) < 4.78 is 5.73. The standard InChI is InChI=1S/C9H9Cl5OSi/c1-16(2,3)15-9-7(13)5(11)4(10)6(12)8(9)14/h1-3H3. The maximum atomic E-state index is 6.02. The van der Waals surface area contributed by atoms with Crippen LogP contribution in [0.5, 0.6) is 5.75 Å². The predicted molar refractivity (Wildman–Crippen MR) is 75.5 cm³/mol. The topological polar surface area (TPSA) is 9.23 Å². The maximum Gasteiger partial charge on any atom is 0.242 e. The van der Waals surface area contributed by atoms with Crippen molar-refractivity contribution in [1.29, 1.82) is 0 Å². The van der Waals surface area contributed by atoms with Crippen molar-refractivity contribution in [1.82, 2.24) is 0 Å². The summed E-state index contributed by atoms with van der Waals surface area (Å²) in [6, 6.07) is 0. The second-order valence-electron chi connectivity index (χ2n) is 4.11. The average Bonchev–Trinajstić information content (AvgIpc) is 2.17. The Bertz CT molecular complexity index is 398. The number of hydrogen-bond donors (Lipinski definition) is 0. The van der Waals surface area contributed by atoms with Crippen molar-refractivity contribution >= 4 is 66.3 Å². The molecular formula is C9H9Cl5OSi. The van der Waals surface area contributed by atoms with E-state index >= 15 is 0 Å². The molecule has 0 aliphatic heterocycles. The van der Waals surface area contributed by atoms with Crippen LogP contribution in [0, 0.1) is 0 Å². The van der Waals surface area contributed by atoms with Gasteiger partial charge in [0, 0.05) is 0 Å². The minimum absolute atomic E-state index is 0.140.